The van der Waals surface area contributed by atoms with Gasteiger partial charge in [-0.1, -0.05) is 30.7 Å². The fraction of sp³-hybridized carbons (Fsp3) is 0.464. The maximum atomic E-state index is 13.1. The third kappa shape index (κ3) is 6.05. The van der Waals surface area contributed by atoms with E-state index in [1.165, 1.54) is 6.26 Å². The Bertz CT molecular complexity index is 1240. The summed E-state index contributed by atoms with van der Waals surface area (Å²) in [6, 6.07) is 11.7. The first-order valence-corrected chi connectivity index (χ1v) is 13.7. The molecule has 1 unspecified atom stereocenters. The molecular formula is C28H34ClN5O4. The Morgan fingerprint density at radius 1 is 1.13 bits per heavy atom. The lowest BCUT2D eigenvalue weighted by atomic mass is 10.2. The van der Waals surface area contributed by atoms with Crippen LogP contribution < -0.4 is 4.90 Å². The third-order valence-corrected chi connectivity index (χ3v) is 7.54. The maximum absolute atomic E-state index is 13.1. The lowest BCUT2D eigenvalue weighted by molar-refractivity contribution is -0.133. The standard InChI is InChI=1S/C28H34ClN5O4/c1-2-27(35)34(18-22-8-6-16-37-22)17-21-7-5-11-33(21)19-26-30-24(20-38-26)28(36)32-14-12-31(13-15-32)25-10-4-3-9-23(25)29/h3-5,7,9-11,20,22H,2,6,8,12-19H2,1H3. The van der Waals surface area contributed by atoms with E-state index in [2.05, 4.69) is 9.88 Å². The van der Waals surface area contributed by atoms with Crippen molar-refractivity contribution in [3.63, 3.8) is 0 Å². The van der Waals surface area contributed by atoms with Crippen molar-refractivity contribution in [2.75, 3.05) is 44.2 Å². The van der Waals surface area contributed by atoms with Crippen LogP contribution in [-0.4, -0.2) is 76.6 Å². The first kappa shape index (κ1) is 26.3. The summed E-state index contributed by atoms with van der Waals surface area (Å²) in [4.78, 5) is 36.1. The number of carbonyl (C=O) groups excluding carboxylic acids is 2. The van der Waals surface area contributed by atoms with E-state index in [0.29, 0.717) is 68.8 Å². The Hall–Kier alpha value is -3.30. The van der Waals surface area contributed by atoms with Gasteiger partial charge in [-0.25, -0.2) is 4.98 Å². The van der Waals surface area contributed by atoms with E-state index >= 15 is 0 Å². The van der Waals surface area contributed by atoms with E-state index < -0.39 is 0 Å². The number of para-hydroxylation sites is 1. The van der Waals surface area contributed by atoms with Gasteiger partial charge in [-0.3, -0.25) is 9.59 Å². The molecule has 2 aromatic heterocycles. The summed E-state index contributed by atoms with van der Waals surface area (Å²) in [5, 5.41) is 0.715. The van der Waals surface area contributed by atoms with E-state index in [-0.39, 0.29) is 17.9 Å². The van der Waals surface area contributed by atoms with E-state index in [9.17, 15) is 9.59 Å². The second kappa shape index (κ2) is 12.0. The van der Waals surface area contributed by atoms with Crippen molar-refractivity contribution in [2.24, 2.45) is 0 Å². The lowest BCUT2D eigenvalue weighted by Gasteiger charge is -2.36. The molecule has 0 radical (unpaired) electrons. The Balaban J connectivity index is 1.19. The summed E-state index contributed by atoms with van der Waals surface area (Å²) >= 11 is 6.34. The van der Waals surface area contributed by atoms with Gasteiger partial charge in [0.2, 0.25) is 11.8 Å². The summed E-state index contributed by atoms with van der Waals surface area (Å²) in [7, 11) is 0. The molecule has 202 valence electrons. The first-order valence-electron chi connectivity index (χ1n) is 13.3. The molecule has 0 N–H and O–H groups in total. The number of benzene rings is 1. The summed E-state index contributed by atoms with van der Waals surface area (Å²) in [6.07, 6.45) is 5.95. The highest BCUT2D eigenvalue weighted by Crippen LogP contribution is 2.26. The largest absolute Gasteiger partial charge is 0.446 e. The van der Waals surface area contributed by atoms with Crippen LogP contribution in [0.25, 0.3) is 0 Å². The van der Waals surface area contributed by atoms with Crippen molar-refractivity contribution in [1.82, 2.24) is 19.4 Å². The summed E-state index contributed by atoms with van der Waals surface area (Å²) in [5.74, 6) is 0.419. The number of rotatable bonds is 9. The number of halogens is 1. The molecule has 1 aromatic carbocycles. The minimum absolute atomic E-state index is 0.0979. The van der Waals surface area contributed by atoms with E-state index in [1.807, 2.05) is 59.0 Å². The summed E-state index contributed by atoms with van der Waals surface area (Å²) in [5.41, 5.74) is 2.27. The molecular weight excluding hydrogens is 506 g/mol. The van der Waals surface area contributed by atoms with Crippen LogP contribution in [0.1, 0.15) is 48.3 Å². The van der Waals surface area contributed by atoms with E-state index in [0.717, 1.165) is 30.8 Å². The number of amides is 2. The predicted molar refractivity (Wildman–Crippen MR) is 144 cm³/mol. The van der Waals surface area contributed by atoms with Crippen molar-refractivity contribution in [3.8, 4) is 0 Å². The number of hydrogen-bond acceptors (Lipinski definition) is 6. The van der Waals surface area contributed by atoms with Crippen LogP contribution >= 0.6 is 11.6 Å². The van der Waals surface area contributed by atoms with E-state index in [4.69, 9.17) is 20.8 Å². The number of carbonyl (C=O) groups is 2. The van der Waals surface area contributed by atoms with Crippen molar-refractivity contribution < 1.29 is 18.7 Å². The monoisotopic (exact) mass is 539 g/mol. The Kier molecular flexibility index (Phi) is 8.34. The highest BCUT2D eigenvalue weighted by Gasteiger charge is 2.26. The molecule has 2 aliphatic heterocycles. The molecule has 9 nitrogen and oxygen atoms in total. The molecule has 4 heterocycles. The van der Waals surface area contributed by atoms with Crippen LogP contribution in [0.4, 0.5) is 5.69 Å². The van der Waals surface area contributed by atoms with Gasteiger partial charge in [-0.15, -0.1) is 0 Å². The van der Waals surface area contributed by atoms with Gasteiger partial charge in [0.1, 0.15) is 6.26 Å². The molecule has 1 atom stereocenters. The van der Waals surface area contributed by atoms with Gasteiger partial charge in [-0.05, 0) is 37.1 Å². The molecule has 0 saturated carbocycles. The van der Waals surface area contributed by atoms with Crippen LogP contribution in [0.15, 0.2) is 53.3 Å². The molecule has 3 aromatic rings. The zero-order valence-electron chi connectivity index (χ0n) is 21.7. The van der Waals surface area contributed by atoms with Crippen molar-refractivity contribution >= 4 is 29.1 Å². The third-order valence-electron chi connectivity index (χ3n) is 7.22. The molecule has 2 amide bonds. The number of aromatic nitrogens is 2. The number of ether oxygens (including phenoxy) is 1. The molecule has 0 spiro atoms. The van der Waals surface area contributed by atoms with Gasteiger partial charge in [-0.2, -0.15) is 0 Å². The topological polar surface area (TPSA) is 84.1 Å². The average molecular weight is 540 g/mol. The molecule has 5 rings (SSSR count). The van der Waals surface area contributed by atoms with Crippen LogP contribution in [0.5, 0.6) is 0 Å². The Morgan fingerprint density at radius 2 is 1.95 bits per heavy atom. The number of anilines is 1. The van der Waals surface area contributed by atoms with Gasteiger partial charge < -0.3 is 28.4 Å². The highest BCUT2D eigenvalue weighted by molar-refractivity contribution is 6.33. The lowest BCUT2D eigenvalue weighted by Crippen LogP contribution is -2.49. The normalized spacial score (nSPS) is 17.7. The molecule has 0 aliphatic carbocycles. The quantitative estimate of drug-likeness (QED) is 0.408. The minimum atomic E-state index is -0.136. The summed E-state index contributed by atoms with van der Waals surface area (Å²) in [6.45, 7) is 6.67. The zero-order valence-corrected chi connectivity index (χ0v) is 22.5. The maximum Gasteiger partial charge on any atom is 0.275 e. The van der Waals surface area contributed by atoms with Gasteiger partial charge in [0.15, 0.2) is 5.69 Å². The smallest absolute Gasteiger partial charge is 0.275 e. The number of hydrogen-bond donors (Lipinski definition) is 0. The molecule has 2 aliphatic rings. The molecule has 2 saturated heterocycles. The molecule has 10 heteroatoms. The first-order chi connectivity index (χ1) is 18.5. The fourth-order valence-electron chi connectivity index (χ4n) is 5.10. The minimum Gasteiger partial charge on any atom is -0.446 e. The Morgan fingerprint density at radius 3 is 2.68 bits per heavy atom. The van der Waals surface area contributed by atoms with Crippen molar-refractivity contribution in [1.29, 1.82) is 0 Å². The van der Waals surface area contributed by atoms with Crippen LogP contribution in [0, 0.1) is 0 Å². The van der Waals surface area contributed by atoms with Gasteiger partial charge in [0.25, 0.3) is 5.91 Å². The predicted octanol–water partition coefficient (Wildman–Crippen LogP) is 4.06. The molecule has 0 bridgehead atoms. The van der Waals surface area contributed by atoms with Crippen LogP contribution in [-0.2, 0) is 22.6 Å². The second-order valence-corrected chi connectivity index (χ2v) is 10.2. The number of oxazole rings is 1. The van der Waals surface area contributed by atoms with E-state index in [1.54, 1.807) is 4.90 Å². The summed E-state index contributed by atoms with van der Waals surface area (Å²) < 4.78 is 13.5. The zero-order chi connectivity index (χ0) is 26.5. The number of nitrogens with zero attached hydrogens (tertiary/aromatic N) is 5. The fourth-order valence-corrected chi connectivity index (χ4v) is 5.36. The second-order valence-electron chi connectivity index (χ2n) is 9.75. The van der Waals surface area contributed by atoms with Crippen molar-refractivity contribution in [3.05, 3.63) is 71.2 Å². The van der Waals surface area contributed by atoms with Crippen molar-refractivity contribution in [2.45, 2.75) is 45.4 Å². The highest BCUT2D eigenvalue weighted by atomic mass is 35.5. The SMILES string of the molecule is CCC(=O)N(Cc1cccn1Cc1nc(C(=O)N2CCN(c3ccccc3Cl)CC2)co1)CC1CCCO1. The average Bonchev–Trinajstić information content (AvgIpc) is 3.72. The van der Waals surface area contributed by atoms with Gasteiger partial charge >= 0.3 is 0 Å². The van der Waals surface area contributed by atoms with Gasteiger partial charge in [0.05, 0.1) is 29.9 Å². The Labute approximate surface area is 227 Å². The van der Waals surface area contributed by atoms with Crippen LogP contribution in [0.3, 0.4) is 0 Å². The molecule has 2 fully saturated rings. The van der Waals surface area contributed by atoms with Gasteiger partial charge in [0, 0.05) is 57.6 Å². The van der Waals surface area contributed by atoms with Crippen LogP contribution in [0.2, 0.25) is 5.02 Å². The number of piperazine rings is 1. The molecule has 38 heavy (non-hydrogen) atoms.